The molecule has 0 amide bonds. The first-order chi connectivity index (χ1) is 10.9. The Kier molecular flexibility index (Phi) is 6.41. The Balaban J connectivity index is 0.00000208. The van der Waals surface area contributed by atoms with E-state index in [1.54, 1.807) is 0 Å². The van der Waals surface area contributed by atoms with Gasteiger partial charge in [-0.3, -0.25) is 0 Å². The molecule has 1 aromatic carbocycles. The number of hydrogen-bond acceptors (Lipinski definition) is 4. The number of sulfonamides is 1. The number of nitrogens with one attached hydrogen (secondary N) is 1. The molecule has 0 radical (unpaired) electrons. The number of benzene rings is 1. The Labute approximate surface area is 146 Å². The maximum absolute atomic E-state index is 12.7. The lowest BCUT2D eigenvalue weighted by Gasteiger charge is -2.23. The highest BCUT2D eigenvalue weighted by molar-refractivity contribution is 7.89. The predicted molar refractivity (Wildman–Crippen MR) is 88.5 cm³/mol. The summed E-state index contributed by atoms with van der Waals surface area (Å²) in [5.41, 5.74) is 0. The van der Waals surface area contributed by atoms with Crippen LogP contribution in [-0.2, 0) is 10.0 Å². The lowest BCUT2D eigenvalue weighted by atomic mass is 10.1. The van der Waals surface area contributed by atoms with E-state index in [-0.39, 0.29) is 29.1 Å². The van der Waals surface area contributed by atoms with E-state index >= 15 is 0 Å². The number of rotatable bonds is 5. The van der Waals surface area contributed by atoms with Gasteiger partial charge in [0.1, 0.15) is 12.4 Å². The van der Waals surface area contributed by atoms with Crippen molar-refractivity contribution in [3.63, 3.8) is 0 Å². The Morgan fingerprint density at radius 3 is 2.50 bits per heavy atom. The first-order valence-electron chi connectivity index (χ1n) is 7.72. The van der Waals surface area contributed by atoms with E-state index in [0.717, 1.165) is 19.3 Å². The number of hydrogen-bond donors (Lipinski definition) is 1. The third-order valence-electron chi connectivity index (χ3n) is 4.32. The Bertz CT molecular complexity index is 643. The van der Waals surface area contributed by atoms with Gasteiger partial charge in [0.25, 0.3) is 6.43 Å². The zero-order chi connectivity index (χ0) is 16.4. The van der Waals surface area contributed by atoms with Crippen molar-refractivity contribution in [3.8, 4) is 5.75 Å². The fraction of sp³-hybridized carbons (Fsp3) is 0.600. The number of fused-ring (bicyclic) bond motifs is 2. The van der Waals surface area contributed by atoms with Crippen LogP contribution >= 0.6 is 12.4 Å². The molecular weight excluding hydrogens is 362 g/mol. The molecule has 5 nitrogen and oxygen atoms in total. The highest BCUT2D eigenvalue weighted by atomic mass is 35.5. The van der Waals surface area contributed by atoms with Crippen LogP contribution in [0.3, 0.4) is 0 Å². The standard InChI is InChI=1S/C15H20F2N2O3S.ClH/c16-15(17)10-22-13-3-5-14(6-4-13)23(20,21)19-8-7-11-1-2-12(9-19)18-11;/h3-6,11-12,15,18H,1-2,7-10H2;1H. The number of ether oxygens (including phenoxy) is 1. The molecule has 3 rings (SSSR count). The molecule has 2 atom stereocenters. The first-order valence-corrected chi connectivity index (χ1v) is 9.16. The summed E-state index contributed by atoms with van der Waals surface area (Å²) in [6, 6.07) is 6.27. The average molecular weight is 383 g/mol. The van der Waals surface area contributed by atoms with Gasteiger partial charge in [-0.05, 0) is 43.5 Å². The minimum atomic E-state index is -3.57. The summed E-state index contributed by atoms with van der Waals surface area (Å²) in [4.78, 5) is 0.166. The van der Waals surface area contributed by atoms with E-state index in [2.05, 4.69) is 5.32 Å². The van der Waals surface area contributed by atoms with Crippen molar-refractivity contribution in [1.82, 2.24) is 9.62 Å². The maximum atomic E-state index is 12.7. The quantitative estimate of drug-likeness (QED) is 0.848. The maximum Gasteiger partial charge on any atom is 0.272 e. The molecule has 2 bridgehead atoms. The molecule has 24 heavy (non-hydrogen) atoms. The van der Waals surface area contributed by atoms with Crippen molar-refractivity contribution in [2.75, 3.05) is 19.7 Å². The summed E-state index contributed by atoms with van der Waals surface area (Å²) in [6.45, 7) is 0.273. The fourth-order valence-electron chi connectivity index (χ4n) is 3.15. The van der Waals surface area contributed by atoms with Crippen LogP contribution in [0, 0.1) is 0 Å². The van der Waals surface area contributed by atoms with Crippen LogP contribution in [-0.4, -0.2) is 50.9 Å². The molecule has 2 aliphatic rings. The van der Waals surface area contributed by atoms with E-state index in [9.17, 15) is 17.2 Å². The highest BCUT2D eigenvalue weighted by Crippen LogP contribution is 2.26. The summed E-state index contributed by atoms with van der Waals surface area (Å²) in [6.07, 6.45) is 0.357. The zero-order valence-corrected chi connectivity index (χ0v) is 14.7. The number of alkyl halides is 2. The number of nitrogens with zero attached hydrogens (tertiary/aromatic N) is 1. The van der Waals surface area contributed by atoms with Gasteiger partial charge in [-0.1, -0.05) is 0 Å². The van der Waals surface area contributed by atoms with Gasteiger partial charge in [-0.25, -0.2) is 17.2 Å². The van der Waals surface area contributed by atoms with E-state index < -0.39 is 23.1 Å². The Morgan fingerprint density at radius 1 is 1.17 bits per heavy atom. The van der Waals surface area contributed by atoms with Crippen molar-refractivity contribution in [2.24, 2.45) is 0 Å². The van der Waals surface area contributed by atoms with Gasteiger partial charge in [-0.15, -0.1) is 12.4 Å². The Hall–Kier alpha value is -0.960. The van der Waals surface area contributed by atoms with E-state index in [0.29, 0.717) is 19.1 Å². The monoisotopic (exact) mass is 382 g/mol. The molecule has 0 aliphatic carbocycles. The van der Waals surface area contributed by atoms with Crippen molar-refractivity contribution in [1.29, 1.82) is 0 Å². The molecule has 136 valence electrons. The van der Waals surface area contributed by atoms with Crippen molar-refractivity contribution >= 4 is 22.4 Å². The van der Waals surface area contributed by atoms with E-state index in [1.807, 2.05) is 0 Å². The minimum Gasteiger partial charge on any atom is -0.488 e. The van der Waals surface area contributed by atoms with Gasteiger partial charge in [0.2, 0.25) is 10.0 Å². The van der Waals surface area contributed by atoms with Gasteiger partial charge < -0.3 is 10.1 Å². The van der Waals surface area contributed by atoms with Crippen LogP contribution < -0.4 is 10.1 Å². The third kappa shape index (κ3) is 4.36. The SMILES string of the molecule is Cl.O=S(=O)(c1ccc(OCC(F)F)cc1)N1CCC2CCC(C1)N2. The van der Waals surface area contributed by atoms with Crippen LogP contribution in [0.15, 0.2) is 29.2 Å². The highest BCUT2D eigenvalue weighted by Gasteiger charge is 2.34. The molecule has 0 aromatic heterocycles. The molecule has 9 heteroatoms. The molecule has 2 fully saturated rings. The first kappa shape index (κ1) is 19.4. The molecule has 1 N–H and O–H groups in total. The minimum absolute atomic E-state index is 0. The van der Waals surface area contributed by atoms with Crippen LogP contribution in [0.2, 0.25) is 0 Å². The summed E-state index contributed by atoms with van der Waals surface area (Å²) >= 11 is 0. The zero-order valence-electron chi connectivity index (χ0n) is 13.0. The van der Waals surface area contributed by atoms with Crippen molar-refractivity contribution in [2.45, 2.75) is 42.7 Å². The molecule has 2 unspecified atom stereocenters. The average Bonchev–Trinajstić information content (AvgIpc) is 2.84. The topological polar surface area (TPSA) is 58.6 Å². The van der Waals surface area contributed by atoms with E-state index in [1.165, 1.54) is 28.6 Å². The Morgan fingerprint density at radius 2 is 1.83 bits per heavy atom. The van der Waals surface area contributed by atoms with Crippen LogP contribution in [0.1, 0.15) is 19.3 Å². The van der Waals surface area contributed by atoms with Crippen molar-refractivity contribution in [3.05, 3.63) is 24.3 Å². The largest absolute Gasteiger partial charge is 0.488 e. The second-order valence-electron chi connectivity index (χ2n) is 5.96. The van der Waals surface area contributed by atoms with Crippen LogP contribution in [0.5, 0.6) is 5.75 Å². The van der Waals surface area contributed by atoms with Gasteiger partial charge >= 0.3 is 0 Å². The smallest absolute Gasteiger partial charge is 0.272 e. The second kappa shape index (κ2) is 7.95. The molecule has 0 spiro atoms. The molecule has 1 aromatic rings. The second-order valence-corrected chi connectivity index (χ2v) is 7.90. The van der Waals surface area contributed by atoms with Crippen LogP contribution in [0.25, 0.3) is 0 Å². The van der Waals surface area contributed by atoms with Gasteiger partial charge in [-0.2, -0.15) is 4.31 Å². The van der Waals surface area contributed by atoms with Crippen molar-refractivity contribution < 1.29 is 21.9 Å². The summed E-state index contributed by atoms with van der Waals surface area (Å²) in [5, 5.41) is 3.45. The predicted octanol–water partition coefficient (Wildman–Crippen LogP) is 2.27. The summed E-state index contributed by atoms with van der Waals surface area (Å²) in [7, 11) is -3.57. The number of halogens is 3. The molecule has 2 saturated heterocycles. The fourth-order valence-corrected chi connectivity index (χ4v) is 4.65. The van der Waals surface area contributed by atoms with Crippen LogP contribution in [0.4, 0.5) is 8.78 Å². The molecular formula is C15H21ClF2N2O3S. The van der Waals surface area contributed by atoms with Gasteiger partial charge in [0.15, 0.2) is 0 Å². The lowest BCUT2D eigenvalue weighted by Crippen LogP contribution is -2.39. The summed E-state index contributed by atoms with van der Waals surface area (Å²) < 4.78 is 56.1. The normalized spacial score (nSPS) is 24.5. The van der Waals surface area contributed by atoms with Gasteiger partial charge in [0, 0.05) is 25.2 Å². The lowest BCUT2D eigenvalue weighted by molar-refractivity contribution is 0.0819. The molecule has 2 aliphatic heterocycles. The van der Waals surface area contributed by atoms with E-state index in [4.69, 9.17) is 4.74 Å². The third-order valence-corrected chi connectivity index (χ3v) is 6.20. The molecule has 0 saturated carbocycles. The van der Waals surface area contributed by atoms with Gasteiger partial charge in [0.05, 0.1) is 4.90 Å². The summed E-state index contributed by atoms with van der Waals surface area (Å²) in [5.74, 6) is 0.237. The molecule has 2 heterocycles.